The van der Waals surface area contributed by atoms with Gasteiger partial charge in [0.15, 0.2) is 0 Å². The van der Waals surface area contributed by atoms with Crippen LogP contribution in [0.5, 0.6) is 0 Å². The van der Waals surface area contributed by atoms with Gasteiger partial charge in [-0.25, -0.2) is 14.8 Å². The van der Waals surface area contributed by atoms with Crippen molar-refractivity contribution in [2.45, 2.75) is 32.6 Å². The maximum atomic E-state index is 12.3. The van der Waals surface area contributed by atoms with E-state index in [4.69, 9.17) is 9.26 Å². The van der Waals surface area contributed by atoms with Crippen LogP contribution >= 0.6 is 11.3 Å². The number of nitrogens with zero attached hydrogens (tertiary/aromatic N) is 6. The quantitative estimate of drug-likeness (QED) is 0.581. The number of carbonyl (C=O) groups excluding carboxylic acids is 1. The molecular weight excluding hydrogens is 392 g/mol. The topological polar surface area (TPSA) is 97.5 Å². The molecule has 9 nitrogen and oxygen atoms in total. The number of esters is 1. The molecule has 10 heteroatoms. The Bertz CT molecular complexity index is 1030. The van der Waals surface area contributed by atoms with Crippen LogP contribution < -0.4 is 9.80 Å². The second-order valence-electron chi connectivity index (χ2n) is 7.27. The highest BCUT2D eigenvalue weighted by Crippen LogP contribution is 2.37. The van der Waals surface area contributed by atoms with Gasteiger partial charge in [0.1, 0.15) is 21.9 Å². The van der Waals surface area contributed by atoms with Gasteiger partial charge in [0, 0.05) is 27.2 Å². The first-order valence-corrected chi connectivity index (χ1v) is 10.5. The molecule has 1 aliphatic rings. The number of hydrogen-bond donors (Lipinski definition) is 0. The summed E-state index contributed by atoms with van der Waals surface area (Å²) in [4.78, 5) is 31.2. The lowest BCUT2D eigenvalue weighted by atomic mass is 9.97. The van der Waals surface area contributed by atoms with E-state index >= 15 is 0 Å². The Morgan fingerprint density at radius 1 is 1.41 bits per heavy atom. The standard InChI is InChI=1S/C19H24N6O3S/c1-5-27-18(26)14-11(2)13-15(20-10-21-17(13)29-14)25-8-6-7-12(9-25)16-22-19(23-28-16)24(3)4/h10,12H,5-9H2,1-4H3. The fourth-order valence-corrected chi connectivity index (χ4v) is 4.67. The van der Waals surface area contributed by atoms with Crippen LogP contribution in [0.4, 0.5) is 11.8 Å². The molecule has 4 heterocycles. The van der Waals surface area contributed by atoms with Crippen molar-refractivity contribution in [1.82, 2.24) is 20.1 Å². The maximum Gasteiger partial charge on any atom is 0.348 e. The van der Waals surface area contributed by atoms with Crippen LogP contribution in [0.3, 0.4) is 0 Å². The molecule has 1 saturated heterocycles. The summed E-state index contributed by atoms with van der Waals surface area (Å²) in [6.45, 7) is 5.68. The van der Waals surface area contributed by atoms with Crippen LogP contribution in [-0.4, -0.2) is 59.9 Å². The number of anilines is 2. The molecule has 1 atom stereocenters. The molecule has 1 unspecified atom stereocenters. The van der Waals surface area contributed by atoms with E-state index in [1.54, 1.807) is 13.3 Å². The first kappa shape index (κ1) is 19.6. The summed E-state index contributed by atoms with van der Waals surface area (Å²) in [6, 6.07) is 0. The predicted molar refractivity (Wildman–Crippen MR) is 111 cm³/mol. The van der Waals surface area contributed by atoms with E-state index < -0.39 is 0 Å². The molecule has 4 rings (SSSR count). The van der Waals surface area contributed by atoms with Crippen molar-refractivity contribution in [2.24, 2.45) is 0 Å². The van der Waals surface area contributed by atoms with Crippen LogP contribution in [-0.2, 0) is 4.74 Å². The summed E-state index contributed by atoms with van der Waals surface area (Å²) < 4.78 is 10.7. The first-order valence-electron chi connectivity index (χ1n) is 9.66. The zero-order valence-corrected chi connectivity index (χ0v) is 17.8. The van der Waals surface area contributed by atoms with Crippen molar-refractivity contribution in [3.8, 4) is 0 Å². The molecule has 3 aromatic heterocycles. The number of aryl methyl sites for hydroxylation is 1. The minimum Gasteiger partial charge on any atom is -0.462 e. The largest absolute Gasteiger partial charge is 0.462 e. The van der Waals surface area contributed by atoms with E-state index in [0.717, 1.165) is 47.5 Å². The van der Waals surface area contributed by atoms with Crippen LogP contribution in [0.25, 0.3) is 10.2 Å². The van der Waals surface area contributed by atoms with Gasteiger partial charge in [-0.2, -0.15) is 4.98 Å². The van der Waals surface area contributed by atoms with E-state index in [0.29, 0.717) is 23.3 Å². The summed E-state index contributed by atoms with van der Waals surface area (Å²) in [5.74, 6) is 1.90. The van der Waals surface area contributed by atoms with Gasteiger partial charge in [-0.15, -0.1) is 11.3 Å². The molecule has 1 fully saturated rings. The molecule has 29 heavy (non-hydrogen) atoms. The van der Waals surface area contributed by atoms with Gasteiger partial charge < -0.3 is 19.1 Å². The highest BCUT2D eigenvalue weighted by atomic mass is 32.1. The molecule has 0 bridgehead atoms. The number of carbonyl (C=O) groups is 1. The lowest BCUT2D eigenvalue weighted by molar-refractivity contribution is 0.0531. The molecule has 0 spiro atoms. The third-order valence-electron chi connectivity index (χ3n) is 5.07. The Labute approximate surface area is 172 Å². The lowest BCUT2D eigenvalue weighted by Gasteiger charge is -2.32. The third-order valence-corrected chi connectivity index (χ3v) is 6.25. The summed E-state index contributed by atoms with van der Waals surface area (Å²) in [5.41, 5.74) is 0.869. The van der Waals surface area contributed by atoms with E-state index in [-0.39, 0.29) is 11.9 Å². The molecule has 0 aliphatic carbocycles. The van der Waals surface area contributed by atoms with Gasteiger partial charge in [0.2, 0.25) is 5.89 Å². The van der Waals surface area contributed by atoms with Crippen molar-refractivity contribution in [2.75, 3.05) is 43.6 Å². The highest BCUT2D eigenvalue weighted by Gasteiger charge is 2.29. The van der Waals surface area contributed by atoms with Crippen LogP contribution in [0.1, 0.15) is 46.8 Å². The number of rotatable bonds is 5. The minimum atomic E-state index is -0.308. The number of piperidine rings is 1. The first-order chi connectivity index (χ1) is 14.0. The van der Waals surface area contributed by atoms with Crippen molar-refractivity contribution in [3.05, 3.63) is 22.7 Å². The summed E-state index contributed by atoms with van der Waals surface area (Å²) in [7, 11) is 3.78. The Morgan fingerprint density at radius 2 is 2.24 bits per heavy atom. The Balaban J connectivity index is 1.66. The van der Waals surface area contributed by atoms with Crippen LogP contribution in [0, 0.1) is 6.92 Å². The predicted octanol–water partition coefficient (Wildman–Crippen LogP) is 3.01. The number of thiophene rings is 1. The van der Waals surface area contributed by atoms with Crippen molar-refractivity contribution in [3.63, 3.8) is 0 Å². The average molecular weight is 417 g/mol. The summed E-state index contributed by atoms with van der Waals surface area (Å²) in [5, 5.41) is 4.96. The van der Waals surface area contributed by atoms with Crippen LogP contribution in [0.15, 0.2) is 10.9 Å². The maximum absolute atomic E-state index is 12.3. The Hall–Kier alpha value is -2.75. The Morgan fingerprint density at radius 3 is 2.97 bits per heavy atom. The Kier molecular flexibility index (Phi) is 5.35. The molecule has 0 N–H and O–H groups in total. The molecule has 0 radical (unpaired) electrons. The number of fused-ring (bicyclic) bond motifs is 1. The SMILES string of the molecule is CCOC(=O)c1sc2ncnc(N3CCCC(c4nc(N(C)C)no4)C3)c2c1C. The molecule has 0 aromatic carbocycles. The van der Waals surface area contributed by atoms with Crippen molar-refractivity contribution >= 4 is 39.3 Å². The molecular formula is C19H24N6O3S. The monoisotopic (exact) mass is 416 g/mol. The van der Waals surface area contributed by atoms with E-state index in [2.05, 4.69) is 25.0 Å². The van der Waals surface area contributed by atoms with Crippen molar-refractivity contribution < 1.29 is 14.1 Å². The van der Waals surface area contributed by atoms with Gasteiger partial charge >= 0.3 is 5.97 Å². The highest BCUT2D eigenvalue weighted by molar-refractivity contribution is 7.20. The number of hydrogen-bond acceptors (Lipinski definition) is 10. The van der Waals surface area contributed by atoms with Gasteiger partial charge in [-0.05, 0) is 37.4 Å². The second-order valence-corrected chi connectivity index (χ2v) is 8.27. The van der Waals surface area contributed by atoms with E-state index in [1.165, 1.54) is 11.3 Å². The van der Waals surface area contributed by atoms with E-state index in [9.17, 15) is 4.79 Å². The smallest absolute Gasteiger partial charge is 0.348 e. The van der Waals surface area contributed by atoms with E-state index in [1.807, 2.05) is 25.9 Å². The second kappa shape index (κ2) is 7.94. The van der Waals surface area contributed by atoms with Gasteiger partial charge in [-0.1, -0.05) is 0 Å². The zero-order chi connectivity index (χ0) is 20.5. The molecule has 0 amide bonds. The molecule has 0 saturated carbocycles. The van der Waals surface area contributed by atoms with Gasteiger partial charge in [0.05, 0.1) is 17.9 Å². The molecule has 154 valence electrons. The fraction of sp³-hybridized carbons (Fsp3) is 0.526. The number of ether oxygens (including phenoxy) is 1. The van der Waals surface area contributed by atoms with Gasteiger partial charge in [0.25, 0.3) is 5.95 Å². The average Bonchev–Trinajstić information content (AvgIpc) is 3.34. The number of aromatic nitrogens is 4. The summed E-state index contributed by atoms with van der Waals surface area (Å²) in [6.07, 6.45) is 3.53. The summed E-state index contributed by atoms with van der Waals surface area (Å²) >= 11 is 1.36. The zero-order valence-electron chi connectivity index (χ0n) is 17.0. The van der Waals surface area contributed by atoms with Gasteiger partial charge in [-0.3, -0.25) is 0 Å². The fourth-order valence-electron chi connectivity index (χ4n) is 3.63. The normalized spacial score (nSPS) is 17.0. The molecule has 3 aromatic rings. The van der Waals surface area contributed by atoms with Crippen LogP contribution in [0.2, 0.25) is 0 Å². The third kappa shape index (κ3) is 3.64. The molecule has 1 aliphatic heterocycles. The minimum absolute atomic E-state index is 0.137. The lowest BCUT2D eigenvalue weighted by Crippen LogP contribution is -2.35. The van der Waals surface area contributed by atoms with Crippen molar-refractivity contribution in [1.29, 1.82) is 0 Å².